The first-order chi connectivity index (χ1) is 20.5. The van der Waals surface area contributed by atoms with Gasteiger partial charge >= 0.3 is 18.0 Å². The number of hydrogen-bond donors (Lipinski definition) is 3. The average molecular weight is 663 g/mol. The summed E-state index contributed by atoms with van der Waals surface area (Å²) < 4.78 is 56.5. The van der Waals surface area contributed by atoms with E-state index < -0.39 is 41.8 Å². The van der Waals surface area contributed by atoms with Gasteiger partial charge in [0.15, 0.2) is 18.1 Å². The molecule has 0 atom stereocenters. The van der Waals surface area contributed by atoms with Gasteiger partial charge in [-0.1, -0.05) is 24.8 Å². The maximum atomic E-state index is 13.2. The Balaban J connectivity index is 1.60. The van der Waals surface area contributed by atoms with Crippen molar-refractivity contribution < 1.29 is 41.8 Å². The van der Waals surface area contributed by atoms with Crippen molar-refractivity contribution in [2.24, 2.45) is 5.10 Å². The standard InChI is InChI=1S/C29H26BrF3N4O6/c1-3-13-42-20-11-9-19(10-12-20)35-27(39)28(40)37-34-16-18-14-22(30)26(24(15-18)41-4-2)43-17-25(38)36-23-8-6-5-7-21(23)29(31,32)33/h3,5-12,14-16H,1,4,13,17H2,2H3,(H,35,39)(H,36,38)(H,37,40)/b34-16-. The molecule has 0 bridgehead atoms. The third-order valence-electron chi connectivity index (χ3n) is 5.25. The van der Waals surface area contributed by atoms with E-state index in [1.165, 1.54) is 30.5 Å². The van der Waals surface area contributed by atoms with Crippen LogP contribution in [0.1, 0.15) is 18.1 Å². The van der Waals surface area contributed by atoms with Crippen LogP contribution in [0.4, 0.5) is 24.5 Å². The Bertz CT molecular complexity index is 1500. The van der Waals surface area contributed by atoms with E-state index in [0.29, 0.717) is 28.1 Å². The predicted octanol–water partition coefficient (Wildman–Crippen LogP) is 5.54. The second kappa shape index (κ2) is 15.4. The predicted molar refractivity (Wildman–Crippen MR) is 157 cm³/mol. The summed E-state index contributed by atoms with van der Waals surface area (Å²) in [5, 5.41) is 8.42. The Morgan fingerprint density at radius 2 is 1.70 bits per heavy atom. The molecule has 0 spiro atoms. The van der Waals surface area contributed by atoms with E-state index in [4.69, 9.17) is 14.2 Å². The third-order valence-corrected chi connectivity index (χ3v) is 5.84. The molecule has 43 heavy (non-hydrogen) atoms. The smallest absolute Gasteiger partial charge is 0.418 e. The number of halogens is 4. The molecule has 0 radical (unpaired) electrons. The summed E-state index contributed by atoms with van der Waals surface area (Å²) >= 11 is 3.31. The normalized spacial score (nSPS) is 11.0. The van der Waals surface area contributed by atoms with Crippen LogP contribution in [0, 0.1) is 0 Å². The number of alkyl halides is 3. The molecule has 3 rings (SSSR count). The van der Waals surface area contributed by atoms with Gasteiger partial charge in [0.05, 0.1) is 28.5 Å². The van der Waals surface area contributed by atoms with E-state index in [1.54, 1.807) is 37.3 Å². The largest absolute Gasteiger partial charge is 0.490 e. The molecule has 0 heterocycles. The lowest BCUT2D eigenvalue weighted by atomic mass is 10.1. The zero-order chi connectivity index (χ0) is 31.4. The zero-order valence-electron chi connectivity index (χ0n) is 22.7. The van der Waals surface area contributed by atoms with E-state index in [0.717, 1.165) is 12.1 Å². The van der Waals surface area contributed by atoms with Crippen LogP contribution in [0.3, 0.4) is 0 Å². The van der Waals surface area contributed by atoms with Gasteiger partial charge in [0.25, 0.3) is 5.91 Å². The first-order valence-electron chi connectivity index (χ1n) is 12.5. The second-order valence-corrected chi connectivity index (χ2v) is 9.27. The van der Waals surface area contributed by atoms with Gasteiger partial charge in [-0.05, 0) is 76.9 Å². The molecule has 226 valence electrons. The SMILES string of the molecule is C=CCOc1ccc(NC(=O)C(=O)N/N=C\c2cc(Br)c(OCC(=O)Nc3ccccc3C(F)(F)F)c(OCC)c2)cc1. The maximum absolute atomic E-state index is 13.2. The lowest BCUT2D eigenvalue weighted by Crippen LogP contribution is -2.32. The Morgan fingerprint density at radius 3 is 2.37 bits per heavy atom. The number of amides is 3. The Kier molecular flexibility index (Phi) is 11.7. The highest BCUT2D eigenvalue weighted by molar-refractivity contribution is 9.10. The fraction of sp³-hybridized carbons (Fsp3) is 0.172. The van der Waals surface area contributed by atoms with Gasteiger partial charge in [-0.3, -0.25) is 14.4 Å². The van der Waals surface area contributed by atoms with Crippen LogP contribution in [0.15, 0.2) is 82.9 Å². The highest BCUT2D eigenvalue weighted by atomic mass is 79.9. The second-order valence-electron chi connectivity index (χ2n) is 8.42. The molecule has 0 aromatic heterocycles. The van der Waals surface area contributed by atoms with Gasteiger partial charge in [-0.2, -0.15) is 18.3 Å². The van der Waals surface area contributed by atoms with Gasteiger partial charge in [-0.15, -0.1) is 0 Å². The molecule has 0 saturated heterocycles. The summed E-state index contributed by atoms with van der Waals surface area (Å²) in [7, 11) is 0. The first kappa shape index (κ1) is 32.7. The van der Waals surface area contributed by atoms with Crippen molar-refractivity contribution in [3.8, 4) is 17.2 Å². The molecule has 0 aliphatic carbocycles. The summed E-state index contributed by atoms with van der Waals surface area (Å²) in [6, 6.07) is 14.0. The van der Waals surface area contributed by atoms with Crippen LogP contribution >= 0.6 is 15.9 Å². The van der Waals surface area contributed by atoms with Crippen molar-refractivity contribution in [2.75, 3.05) is 30.5 Å². The van der Waals surface area contributed by atoms with E-state index >= 15 is 0 Å². The van der Waals surface area contributed by atoms with Crippen molar-refractivity contribution in [3.63, 3.8) is 0 Å². The number of para-hydroxylation sites is 1. The highest BCUT2D eigenvalue weighted by Gasteiger charge is 2.33. The maximum Gasteiger partial charge on any atom is 0.418 e. The summed E-state index contributed by atoms with van der Waals surface area (Å²) in [6.45, 7) is 5.19. The molecule has 3 aromatic carbocycles. The van der Waals surface area contributed by atoms with E-state index in [1.807, 2.05) is 0 Å². The van der Waals surface area contributed by atoms with Gasteiger partial charge in [0.1, 0.15) is 12.4 Å². The van der Waals surface area contributed by atoms with Crippen molar-refractivity contribution in [1.29, 1.82) is 0 Å². The number of nitrogens with zero attached hydrogens (tertiary/aromatic N) is 1. The highest BCUT2D eigenvalue weighted by Crippen LogP contribution is 2.37. The van der Waals surface area contributed by atoms with Crippen molar-refractivity contribution in [1.82, 2.24) is 5.43 Å². The van der Waals surface area contributed by atoms with Gasteiger partial charge < -0.3 is 24.8 Å². The number of benzene rings is 3. The summed E-state index contributed by atoms with van der Waals surface area (Å²) in [6.07, 6.45) is -1.81. The van der Waals surface area contributed by atoms with Crippen LogP contribution in [0.5, 0.6) is 17.2 Å². The van der Waals surface area contributed by atoms with Crippen LogP contribution in [-0.4, -0.2) is 43.8 Å². The average Bonchev–Trinajstić information content (AvgIpc) is 2.96. The Morgan fingerprint density at radius 1 is 0.977 bits per heavy atom. The van der Waals surface area contributed by atoms with E-state index in [-0.39, 0.29) is 18.1 Å². The number of rotatable bonds is 12. The molecule has 10 nitrogen and oxygen atoms in total. The lowest BCUT2D eigenvalue weighted by Gasteiger charge is -2.16. The van der Waals surface area contributed by atoms with Gasteiger partial charge in [0.2, 0.25) is 0 Å². The molecular formula is C29H26BrF3N4O6. The zero-order valence-corrected chi connectivity index (χ0v) is 24.3. The number of ether oxygens (including phenoxy) is 3. The monoisotopic (exact) mass is 662 g/mol. The first-order valence-corrected chi connectivity index (χ1v) is 13.3. The molecule has 3 aromatic rings. The Labute approximate surface area is 253 Å². The van der Waals surface area contributed by atoms with Crippen LogP contribution in [0.2, 0.25) is 0 Å². The molecule has 0 unspecified atom stereocenters. The molecule has 0 aliphatic rings. The van der Waals surface area contributed by atoms with E-state index in [9.17, 15) is 27.6 Å². The fourth-order valence-corrected chi connectivity index (χ4v) is 4.00. The van der Waals surface area contributed by atoms with Crippen LogP contribution < -0.4 is 30.3 Å². The van der Waals surface area contributed by atoms with Gasteiger partial charge in [-0.25, -0.2) is 5.43 Å². The van der Waals surface area contributed by atoms with Crippen molar-refractivity contribution in [2.45, 2.75) is 13.1 Å². The van der Waals surface area contributed by atoms with Gasteiger partial charge in [0, 0.05) is 5.69 Å². The van der Waals surface area contributed by atoms with Crippen molar-refractivity contribution >= 4 is 51.2 Å². The number of carbonyl (C=O) groups is 3. The fourth-order valence-electron chi connectivity index (χ4n) is 3.42. The molecule has 3 amide bonds. The minimum atomic E-state index is -4.65. The summed E-state index contributed by atoms with van der Waals surface area (Å²) in [5.74, 6) is -1.93. The molecule has 14 heteroatoms. The molecule has 0 fully saturated rings. The molecule has 0 saturated carbocycles. The molecule has 0 aliphatic heterocycles. The van der Waals surface area contributed by atoms with Crippen LogP contribution in [0.25, 0.3) is 0 Å². The number of hydrazone groups is 1. The van der Waals surface area contributed by atoms with Crippen LogP contribution in [-0.2, 0) is 20.6 Å². The summed E-state index contributed by atoms with van der Waals surface area (Å²) in [5.41, 5.74) is 1.51. The molecular weight excluding hydrogens is 637 g/mol. The number of anilines is 2. The minimum absolute atomic E-state index is 0.114. The Hall–Kier alpha value is -4.85. The lowest BCUT2D eigenvalue weighted by molar-refractivity contribution is -0.137. The summed E-state index contributed by atoms with van der Waals surface area (Å²) in [4.78, 5) is 36.7. The molecule has 3 N–H and O–H groups in total. The van der Waals surface area contributed by atoms with Crippen molar-refractivity contribution in [3.05, 3.63) is 88.9 Å². The number of nitrogens with one attached hydrogen (secondary N) is 3. The minimum Gasteiger partial charge on any atom is -0.490 e. The number of hydrogen-bond acceptors (Lipinski definition) is 7. The third kappa shape index (κ3) is 9.88. The van der Waals surface area contributed by atoms with E-state index in [2.05, 4.69) is 43.7 Å². The quantitative estimate of drug-likeness (QED) is 0.101. The number of carbonyl (C=O) groups excluding carboxylic acids is 3. The topological polar surface area (TPSA) is 127 Å².